The van der Waals surface area contributed by atoms with Crippen molar-refractivity contribution >= 4 is 11.3 Å². The van der Waals surface area contributed by atoms with E-state index in [0.717, 1.165) is 45.6 Å². The van der Waals surface area contributed by atoms with Crippen molar-refractivity contribution < 1.29 is 0 Å². The first-order valence-corrected chi connectivity index (χ1v) is 8.98. The van der Waals surface area contributed by atoms with Crippen molar-refractivity contribution in [3.63, 3.8) is 0 Å². The standard InChI is InChI=1S/C17H24N4OS/c1-19(2)10-11-21-15-6-9-20(13-16-18-7-12-23-16)8-5-14(15)3-4-17(21)22/h3-4,7,12H,5-6,8-11,13H2,1-2H3. The van der Waals surface area contributed by atoms with Crippen LogP contribution in [0.3, 0.4) is 0 Å². The molecule has 1 aliphatic heterocycles. The van der Waals surface area contributed by atoms with E-state index in [2.05, 4.69) is 14.8 Å². The fourth-order valence-electron chi connectivity index (χ4n) is 3.07. The molecule has 0 aliphatic carbocycles. The number of pyridine rings is 1. The van der Waals surface area contributed by atoms with Gasteiger partial charge in [0.15, 0.2) is 0 Å². The monoisotopic (exact) mass is 332 g/mol. The topological polar surface area (TPSA) is 41.4 Å². The van der Waals surface area contributed by atoms with Gasteiger partial charge in [-0.25, -0.2) is 4.98 Å². The highest BCUT2D eigenvalue weighted by Gasteiger charge is 2.18. The fraction of sp³-hybridized carbons (Fsp3) is 0.529. The summed E-state index contributed by atoms with van der Waals surface area (Å²) < 4.78 is 1.97. The van der Waals surface area contributed by atoms with E-state index in [1.807, 2.05) is 36.3 Å². The highest BCUT2D eigenvalue weighted by Crippen LogP contribution is 2.17. The van der Waals surface area contributed by atoms with E-state index < -0.39 is 0 Å². The lowest BCUT2D eigenvalue weighted by atomic mass is 10.1. The van der Waals surface area contributed by atoms with Gasteiger partial charge in [-0.15, -0.1) is 11.3 Å². The molecule has 0 fully saturated rings. The maximum Gasteiger partial charge on any atom is 0.250 e. The Bertz CT molecular complexity index is 693. The summed E-state index contributed by atoms with van der Waals surface area (Å²) in [5.41, 5.74) is 2.67. The molecule has 3 rings (SSSR count). The van der Waals surface area contributed by atoms with Crippen LogP contribution in [0.2, 0.25) is 0 Å². The molecule has 124 valence electrons. The molecule has 1 aliphatic rings. The van der Waals surface area contributed by atoms with Gasteiger partial charge in [-0.3, -0.25) is 9.69 Å². The zero-order valence-corrected chi connectivity index (χ0v) is 14.7. The zero-order valence-electron chi connectivity index (χ0n) is 13.9. The third-order valence-corrected chi connectivity index (χ3v) is 5.13. The van der Waals surface area contributed by atoms with E-state index in [1.165, 1.54) is 16.3 Å². The molecule has 0 N–H and O–H groups in total. The summed E-state index contributed by atoms with van der Waals surface area (Å²) in [6.45, 7) is 4.57. The number of rotatable bonds is 5. The van der Waals surface area contributed by atoms with Crippen LogP contribution in [-0.4, -0.2) is 53.1 Å². The van der Waals surface area contributed by atoms with E-state index in [9.17, 15) is 4.79 Å². The van der Waals surface area contributed by atoms with Crippen LogP contribution < -0.4 is 5.56 Å². The Balaban J connectivity index is 1.76. The maximum absolute atomic E-state index is 12.3. The molecule has 0 atom stereocenters. The molecule has 2 aromatic rings. The maximum atomic E-state index is 12.3. The average molecular weight is 332 g/mol. The number of fused-ring (bicyclic) bond motifs is 1. The molecule has 5 nitrogen and oxygen atoms in total. The first kappa shape index (κ1) is 16.4. The summed E-state index contributed by atoms with van der Waals surface area (Å²) in [4.78, 5) is 21.2. The van der Waals surface area contributed by atoms with Crippen LogP contribution in [0.15, 0.2) is 28.5 Å². The van der Waals surface area contributed by atoms with Crippen molar-refractivity contribution in [3.8, 4) is 0 Å². The summed E-state index contributed by atoms with van der Waals surface area (Å²) >= 11 is 1.71. The van der Waals surface area contributed by atoms with E-state index >= 15 is 0 Å². The predicted molar refractivity (Wildman–Crippen MR) is 94.1 cm³/mol. The number of nitrogens with zero attached hydrogens (tertiary/aromatic N) is 4. The van der Waals surface area contributed by atoms with Gasteiger partial charge in [-0.1, -0.05) is 6.07 Å². The minimum Gasteiger partial charge on any atom is -0.311 e. The van der Waals surface area contributed by atoms with Crippen molar-refractivity contribution in [2.45, 2.75) is 25.9 Å². The second-order valence-electron chi connectivity index (χ2n) is 6.30. The Kier molecular flexibility index (Phi) is 5.25. The molecular weight excluding hydrogens is 308 g/mol. The smallest absolute Gasteiger partial charge is 0.250 e. The number of hydrogen-bond acceptors (Lipinski definition) is 5. The first-order chi connectivity index (χ1) is 11.1. The zero-order chi connectivity index (χ0) is 16.2. The van der Waals surface area contributed by atoms with Crippen molar-refractivity contribution in [3.05, 3.63) is 50.3 Å². The highest BCUT2D eigenvalue weighted by atomic mass is 32.1. The normalized spacial score (nSPS) is 15.6. The summed E-state index contributed by atoms with van der Waals surface area (Å²) in [5, 5.41) is 3.20. The van der Waals surface area contributed by atoms with Gasteiger partial charge in [0.05, 0.1) is 6.54 Å². The number of likely N-dealkylation sites (N-methyl/N-ethyl adjacent to an activating group) is 1. The molecule has 0 amide bonds. The van der Waals surface area contributed by atoms with Crippen LogP contribution in [0.25, 0.3) is 0 Å². The fourth-order valence-corrected chi connectivity index (χ4v) is 3.73. The van der Waals surface area contributed by atoms with E-state index in [1.54, 1.807) is 17.4 Å². The molecular formula is C17H24N4OS. The lowest BCUT2D eigenvalue weighted by molar-refractivity contribution is 0.277. The summed E-state index contributed by atoms with van der Waals surface area (Å²) in [6, 6.07) is 3.75. The molecule has 0 unspecified atom stereocenters. The highest BCUT2D eigenvalue weighted by molar-refractivity contribution is 7.09. The molecule has 0 aromatic carbocycles. The summed E-state index contributed by atoms with van der Waals surface area (Å²) in [5.74, 6) is 0. The van der Waals surface area contributed by atoms with Gasteiger partial charge in [-0.05, 0) is 26.1 Å². The molecule has 0 saturated carbocycles. The quantitative estimate of drug-likeness (QED) is 0.831. The summed E-state index contributed by atoms with van der Waals surface area (Å²) in [7, 11) is 4.09. The van der Waals surface area contributed by atoms with Gasteiger partial charge < -0.3 is 9.47 Å². The molecule has 3 heterocycles. The number of thiazole rings is 1. The second-order valence-corrected chi connectivity index (χ2v) is 7.28. The Morgan fingerprint density at radius 1 is 1.26 bits per heavy atom. The largest absolute Gasteiger partial charge is 0.311 e. The van der Waals surface area contributed by atoms with Gasteiger partial charge in [-0.2, -0.15) is 0 Å². The van der Waals surface area contributed by atoms with Crippen LogP contribution in [0.5, 0.6) is 0 Å². The minimum atomic E-state index is 0.124. The van der Waals surface area contributed by atoms with Gasteiger partial charge in [0.1, 0.15) is 5.01 Å². The van der Waals surface area contributed by atoms with Crippen molar-refractivity contribution in [1.82, 2.24) is 19.4 Å². The SMILES string of the molecule is CN(C)CCn1c2c(ccc1=O)CCN(Cc1nccs1)CC2. The van der Waals surface area contributed by atoms with Crippen LogP contribution in [-0.2, 0) is 25.9 Å². The second kappa shape index (κ2) is 7.38. The van der Waals surface area contributed by atoms with Crippen molar-refractivity contribution in [2.24, 2.45) is 0 Å². The Morgan fingerprint density at radius 3 is 2.83 bits per heavy atom. The number of hydrogen-bond donors (Lipinski definition) is 0. The molecule has 2 aromatic heterocycles. The first-order valence-electron chi connectivity index (χ1n) is 8.10. The van der Waals surface area contributed by atoms with Gasteiger partial charge in [0, 0.05) is 55.9 Å². The summed E-state index contributed by atoms with van der Waals surface area (Å²) in [6.07, 6.45) is 3.80. The molecule has 6 heteroatoms. The molecule has 0 bridgehead atoms. The molecule has 0 saturated heterocycles. The molecule has 0 radical (unpaired) electrons. The minimum absolute atomic E-state index is 0.124. The van der Waals surface area contributed by atoms with Gasteiger partial charge >= 0.3 is 0 Å². The van der Waals surface area contributed by atoms with E-state index in [0.29, 0.717) is 0 Å². The van der Waals surface area contributed by atoms with E-state index in [-0.39, 0.29) is 5.56 Å². The Hall–Kier alpha value is -1.50. The van der Waals surface area contributed by atoms with Gasteiger partial charge in [0.25, 0.3) is 5.56 Å². The third kappa shape index (κ3) is 4.07. The van der Waals surface area contributed by atoms with Crippen LogP contribution >= 0.6 is 11.3 Å². The average Bonchev–Trinajstić information content (AvgIpc) is 2.94. The van der Waals surface area contributed by atoms with Gasteiger partial charge in [0.2, 0.25) is 0 Å². The van der Waals surface area contributed by atoms with E-state index in [4.69, 9.17) is 0 Å². The van der Waals surface area contributed by atoms with Crippen LogP contribution in [0, 0.1) is 0 Å². The van der Waals surface area contributed by atoms with Crippen molar-refractivity contribution in [1.29, 1.82) is 0 Å². The third-order valence-electron chi connectivity index (χ3n) is 4.36. The Labute approximate surface area is 141 Å². The van der Waals surface area contributed by atoms with Crippen LogP contribution in [0.1, 0.15) is 16.3 Å². The molecule has 0 spiro atoms. The van der Waals surface area contributed by atoms with Crippen LogP contribution in [0.4, 0.5) is 0 Å². The Morgan fingerprint density at radius 2 is 2.09 bits per heavy atom. The lowest BCUT2D eigenvalue weighted by Gasteiger charge is -2.18. The predicted octanol–water partition coefficient (Wildman–Crippen LogP) is 1.47. The number of aromatic nitrogens is 2. The van der Waals surface area contributed by atoms with Crippen molar-refractivity contribution in [2.75, 3.05) is 33.7 Å². The lowest BCUT2D eigenvalue weighted by Crippen LogP contribution is -2.30. The molecule has 23 heavy (non-hydrogen) atoms.